The number of nitrogens with two attached hydrogens (primary N) is 1. The van der Waals surface area contributed by atoms with Gasteiger partial charge >= 0.3 is 24.7 Å². The summed E-state index contributed by atoms with van der Waals surface area (Å²) in [6.45, 7) is 0. The minimum Gasteiger partial charge on any atom is -0.399 e. The van der Waals surface area contributed by atoms with E-state index in [0.29, 0.717) is 11.4 Å². The van der Waals surface area contributed by atoms with Gasteiger partial charge in [-0.3, -0.25) is 43.5 Å². The van der Waals surface area contributed by atoms with Crippen molar-refractivity contribution in [2.75, 3.05) is 11.1 Å². The molecule has 0 aliphatic heterocycles. The largest absolute Gasteiger partial charge is 0.450 e. The maximum atomic E-state index is 13.7. The number of hydrogen-bond donors (Lipinski definition) is 3. The Morgan fingerprint density at radius 2 is 0.811 bits per heavy atom. The average molecular weight is 1510 g/mol. The highest BCUT2D eigenvalue weighted by Gasteiger charge is 2.41. The second-order valence-electron chi connectivity index (χ2n) is 20.9. The normalized spacial score (nSPS) is 11.4. The number of non-ortho nitro benzene ring substituents is 2. The molecule has 544 valence electrons. The van der Waals surface area contributed by atoms with E-state index < -0.39 is 109 Å². The zero-order valence-electron chi connectivity index (χ0n) is 52.3. The van der Waals surface area contributed by atoms with Crippen molar-refractivity contribution in [3.63, 3.8) is 0 Å². The highest BCUT2D eigenvalue weighted by molar-refractivity contribution is 6.67. The van der Waals surface area contributed by atoms with Crippen LogP contribution >= 0.6 is 11.6 Å². The fourth-order valence-electron chi connectivity index (χ4n) is 9.16. The Balaban J connectivity index is 0.000000153. The molecule has 0 aliphatic rings. The lowest BCUT2D eigenvalue weighted by Gasteiger charge is -2.12. The SMILES string of the molecule is FC(F)(F)c1nc2ncccc2[nH]1.Nc1ccc(-n2c(C(F)(F)F)nc3cccnc32)cc1.O=C(Cl)c1cccc(F)c1F.O=C(Nc1ccc(-n2c(C(F)(F)F)nc3cccnc32)cc1)c1cccc(F)c1F.O=[N+]([O-])c1ccc(-n2c(C(F)(F)F)nc3cccnc32)cc1.O=[N+]([O-])c1ccc(F)cc1. The molecule has 8 aromatic heterocycles. The number of nitrogens with zero attached hydrogens (tertiary/aromatic N) is 13. The summed E-state index contributed by atoms with van der Waals surface area (Å²) < 4.78 is 222. The van der Waals surface area contributed by atoms with Crippen LogP contribution in [0.3, 0.4) is 0 Å². The standard InChI is InChI=1S/C20H11F5N4O.C13H7F3N4O2.C13H9F3N4.C7H3ClF2O.C7H4F3N3.C6H4FNO2/c21-14-4-1-3-13(16(14)22)18(30)27-11-6-8-12(9-7-11)29-17-15(5-2-10-26-17)28-19(29)20(23,24)25;14-13(15,16)12-18-10-2-1-7-17-11(10)19(12)8-3-5-9(6-4-8)20(21)22;14-13(15,16)12-19-10-2-1-7-18-11(10)20(12)9-5-3-8(17)4-6-9;8-7(11)4-2-1-3-5(9)6(4)10;8-7(9,10)6-12-4-2-1-3-11-5(4)13-6;7-5-1-3-6(4-2-5)8(9)10/h1-10H,(H,27,30);1-7H;1-7H,17H2;1-3H;1-3H,(H,11,12,13);1-4H. The quantitative estimate of drug-likeness (QED) is 0.0419. The molecular weight excluding hydrogens is 1470 g/mol. The molecule has 40 heteroatoms. The van der Waals surface area contributed by atoms with Crippen LogP contribution in [0.2, 0.25) is 0 Å². The number of aromatic nitrogens is 12. The number of rotatable bonds is 8. The van der Waals surface area contributed by atoms with E-state index in [-0.39, 0.29) is 73.1 Å². The summed E-state index contributed by atoms with van der Waals surface area (Å²) in [6, 6.07) is 38.7. The highest BCUT2D eigenvalue weighted by atomic mass is 35.5. The maximum absolute atomic E-state index is 13.7. The molecule has 1 amide bonds. The van der Waals surface area contributed by atoms with Gasteiger partial charge in [0.1, 0.15) is 22.4 Å². The van der Waals surface area contributed by atoms with Crippen LogP contribution in [-0.2, 0) is 24.7 Å². The molecule has 6 aromatic carbocycles. The fraction of sp³-hybridized carbons (Fsp3) is 0.0606. The zero-order valence-corrected chi connectivity index (χ0v) is 53.0. The van der Waals surface area contributed by atoms with Crippen molar-refractivity contribution in [2.45, 2.75) is 24.7 Å². The lowest BCUT2D eigenvalue weighted by Crippen LogP contribution is -2.15. The number of amides is 1. The van der Waals surface area contributed by atoms with Gasteiger partial charge in [-0.15, -0.1) is 0 Å². The smallest absolute Gasteiger partial charge is 0.399 e. The molecular formula is C66H38ClF17N16O6. The van der Waals surface area contributed by atoms with E-state index in [2.05, 4.69) is 50.2 Å². The summed E-state index contributed by atoms with van der Waals surface area (Å²) in [7, 11) is 0. The molecule has 0 unspecified atom stereocenters. The number of anilines is 2. The van der Waals surface area contributed by atoms with Gasteiger partial charge in [-0.25, -0.2) is 61.8 Å². The number of nitrogen functional groups attached to an aromatic ring is 1. The van der Waals surface area contributed by atoms with Gasteiger partial charge in [-0.2, -0.15) is 52.7 Å². The molecule has 0 saturated heterocycles. The Hall–Kier alpha value is -13.4. The lowest BCUT2D eigenvalue weighted by atomic mass is 10.2. The van der Waals surface area contributed by atoms with Crippen molar-refractivity contribution in [1.82, 2.24) is 58.6 Å². The lowest BCUT2D eigenvalue weighted by molar-refractivity contribution is -0.385. The Morgan fingerprint density at radius 3 is 1.19 bits per heavy atom. The molecule has 0 aliphatic carbocycles. The summed E-state index contributed by atoms with van der Waals surface area (Å²) in [5.74, 6) is -10.4. The summed E-state index contributed by atoms with van der Waals surface area (Å²) in [5.41, 5.74) is 6.41. The number of fused-ring (bicyclic) bond motifs is 4. The number of aromatic amines is 1. The number of nitro benzene ring substituents is 2. The predicted octanol–water partition coefficient (Wildman–Crippen LogP) is 17.4. The molecule has 0 spiro atoms. The van der Waals surface area contributed by atoms with Crippen LogP contribution in [0, 0.1) is 49.3 Å². The van der Waals surface area contributed by atoms with Crippen molar-refractivity contribution in [3.8, 4) is 17.1 Å². The first-order chi connectivity index (χ1) is 50.0. The third-order valence-electron chi connectivity index (χ3n) is 13.8. The number of H-pyrrole nitrogens is 1. The second-order valence-corrected chi connectivity index (χ2v) is 21.2. The van der Waals surface area contributed by atoms with Gasteiger partial charge in [0.05, 0.1) is 26.5 Å². The van der Waals surface area contributed by atoms with Crippen LogP contribution in [-0.4, -0.2) is 79.6 Å². The highest BCUT2D eigenvalue weighted by Crippen LogP contribution is 2.37. The van der Waals surface area contributed by atoms with Crippen LogP contribution in [0.25, 0.3) is 61.7 Å². The second kappa shape index (κ2) is 31.9. The van der Waals surface area contributed by atoms with E-state index in [1.54, 1.807) is 12.1 Å². The number of nitro groups is 2. The van der Waals surface area contributed by atoms with Gasteiger partial charge in [0.15, 0.2) is 45.9 Å². The Kier molecular flexibility index (Phi) is 23.1. The summed E-state index contributed by atoms with van der Waals surface area (Å²) in [4.78, 5) is 73.8. The number of nitrogens with one attached hydrogen (secondary N) is 2. The third-order valence-corrected chi connectivity index (χ3v) is 14.0. The molecule has 0 bridgehead atoms. The van der Waals surface area contributed by atoms with E-state index in [4.69, 9.17) is 17.3 Å². The molecule has 22 nitrogen and oxygen atoms in total. The van der Waals surface area contributed by atoms with Crippen LogP contribution in [0.15, 0.2) is 207 Å². The Labute approximate surface area is 584 Å². The molecule has 0 saturated carbocycles. The first-order valence-electron chi connectivity index (χ1n) is 29.1. The Morgan fingerprint density at radius 1 is 0.443 bits per heavy atom. The zero-order chi connectivity index (χ0) is 77.2. The van der Waals surface area contributed by atoms with Gasteiger partial charge in [-0.05, 0) is 157 Å². The molecule has 0 radical (unpaired) electrons. The van der Waals surface area contributed by atoms with E-state index in [0.717, 1.165) is 74.4 Å². The summed E-state index contributed by atoms with van der Waals surface area (Å²) >= 11 is 4.93. The molecule has 8 heterocycles. The molecule has 0 atom stereocenters. The molecule has 0 fully saturated rings. The molecule has 106 heavy (non-hydrogen) atoms. The van der Waals surface area contributed by atoms with E-state index in [9.17, 15) is 104 Å². The number of halogens is 18. The Bertz CT molecular complexity index is 5470. The molecule has 14 rings (SSSR count). The van der Waals surface area contributed by atoms with Crippen molar-refractivity contribution < 1.29 is 94.1 Å². The van der Waals surface area contributed by atoms with Crippen LogP contribution in [0.4, 0.5) is 97.4 Å². The van der Waals surface area contributed by atoms with Crippen molar-refractivity contribution in [1.29, 1.82) is 0 Å². The first-order valence-corrected chi connectivity index (χ1v) is 29.5. The van der Waals surface area contributed by atoms with Gasteiger partial charge in [-0.1, -0.05) is 12.1 Å². The number of pyridine rings is 4. The van der Waals surface area contributed by atoms with Crippen LogP contribution in [0.5, 0.6) is 0 Å². The van der Waals surface area contributed by atoms with Gasteiger partial charge < -0.3 is 16.0 Å². The van der Waals surface area contributed by atoms with Gasteiger partial charge in [0.25, 0.3) is 22.5 Å². The number of alkyl halides is 12. The first kappa shape index (κ1) is 76.8. The number of benzene rings is 6. The van der Waals surface area contributed by atoms with E-state index in [1.165, 1.54) is 134 Å². The van der Waals surface area contributed by atoms with E-state index >= 15 is 0 Å². The van der Waals surface area contributed by atoms with Crippen molar-refractivity contribution in [3.05, 3.63) is 291 Å². The number of carbonyl (C=O) groups excluding carboxylic acids is 2. The average Bonchev–Trinajstić information content (AvgIpc) is 1.62. The topological polar surface area (TPSA) is 292 Å². The van der Waals surface area contributed by atoms with Crippen LogP contribution in [0.1, 0.15) is 44.0 Å². The van der Waals surface area contributed by atoms with Gasteiger partial charge in [0, 0.05) is 77.5 Å². The monoisotopic (exact) mass is 1510 g/mol. The number of hydrogen-bond acceptors (Lipinski definition) is 15. The summed E-state index contributed by atoms with van der Waals surface area (Å²) in [6.07, 6.45) is -12.9. The minimum absolute atomic E-state index is 0.0171. The summed E-state index contributed by atoms with van der Waals surface area (Å²) in [5, 5.41) is 22.0. The predicted molar refractivity (Wildman–Crippen MR) is 345 cm³/mol. The minimum atomic E-state index is -4.72. The van der Waals surface area contributed by atoms with Crippen LogP contribution < -0.4 is 11.1 Å². The van der Waals surface area contributed by atoms with E-state index in [1.807, 2.05) is 0 Å². The fourth-order valence-corrected chi connectivity index (χ4v) is 9.30. The van der Waals surface area contributed by atoms with Crippen molar-refractivity contribution >= 4 is 90.2 Å². The number of imidazole rings is 4. The number of carbonyl (C=O) groups is 2. The van der Waals surface area contributed by atoms with Gasteiger partial charge in [0.2, 0.25) is 23.3 Å². The third kappa shape index (κ3) is 18.5. The van der Waals surface area contributed by atoms with Crippen molar-refractivity contribution in [2.24, 2.45) is 0 Å². The molecule has 14 aromatic rings. The maximum Gasteiger partial charge on any atom is 0.450 e. The molecule has 4 N–H and O–H groups in total.